The Balaban J connectivity index is 2.12. The quantitative estimate of drug-likeness (QED) is 0.652. The minimum atomic E-state index is -0.372. The van der Waals surface area contributed by atoms with Crippen LogP contribution in [-0.4, -0.2) is 30.6 Å². The average Bonchev–Trinajstić information content (AvgIpc) is 2.62. The summed E-state index contributed by atoms with van der Waals surface area (Å²) in [6.45, 7) is 4.15. The van der Waals surface area contributed by atoms with Gasteiger partial charge < -0.3 is 14.6 Å². The lowest BCUT2D eigenvalue weighted by Gasteiger charge is -2.29. The van der Waals surface area contributed by atoms with Gasteiger partial charge in [-0.15, -0.1) is 0 Å². The highest BCUT2D eigenvalue weighted by atomic mass is 32.1. The number of benzene rings is 1. The molecule has 1 aromatic heterocycles. The van der Waals surface area contributed by atoms with Gasteiger partial charge in [-0.05, 0) is 37.8 Å². The van der Waals surface area contributed by atoms with Crippen LogP contribution in [0.25, 0.3) is 11.1 Å². The highest BCUT2D eigenvalue weighted by molar-refractivity contribution is 7.71. The Kier molecular flexibility index (Phi) is 5.30. The molecule has 126 valence electrons. The molecule has 1 aliphatic heterocycles. The third-order valence-electron chi connectivity index (χ3n) is 4.28. The van der Waals surface area contributed by atoms with Crippen LogP contribution >= 0.6 is 12.2 Å². The van der Waals surface area contributed by atoms with Crippen molar-refractivity contribution >= 4 is 24.0 Å². The third-order valence-corrected chi connectivity index (χ3v) is 4.59. The number of H-pyrrole nitrogens is 1. The van der Waals surface area contributed by atoms with E-state index in [-0.39, 0.29) is 5.97 Å². The topological polar surface area (TPSA) is 45.3 Å². The van der Waals surface area contributed by atoms with Crippen molar-refractivity contribution in [3.8, 4) is 11.1 Å². The number of ether oxygens (including phenoxy) is 1. The van der Waals surface area contributed by atoms with Crippen LogP contribution in [-0.2, 0) is 4.74 Å². The molecule has 3 rings (SSSR count). The van der Waals surface area contributed by atoms with E-state index in [0.717, 1.165) is 30.0 Å². The van der Waals surface area contributed by atoms with E-state index >= 15 is 0 Å². The monoisotopic (exact) mass is 342 g/mol. The number of anilines is 1. The number of nitrogens with one attached hydrogen (secondary N) is 1. The van der Waals surface area contributed by atoms with Crippen LogP contribution in [0.2, 0.25) is 0 Å². The number of piperidine rings is 1. The minimum Gasteiger partial charge on any atom is -0.462 e. The van der Waals surface area contributed by atoms with Crippen molar-refractivity contribution < 1.29 is 9.53 Å². The van der Waals surface area contributed by atoms with Gasteiger partial charge in [-0.1, -0.05) is 42.5 Å². The molecular formula is C19H22N2O2S. The van der Waals surface area contributed by atoms with E-state index in [2.05, 4.69) is 9.88 Å². The number of carbonyl (C=O) groups excluding carboxylic acids is 1. The van der Waals surface area contributed by atoms with Crippen molar-refractivity contribution in [2.75, 3.05) is 24.6 Å². The molecule has 0 aliphatic carbocycles. The SMILES string of the molecule is CCOC(=O)c1c(-c2ccccc2)cc(N2CCCCC2)[nH]c1=S. The first kappa shape index (κ1) is 16.7. The molecule has 1 saturated heterocycles. The summed E-state index contributed by atoms with van der Waals surface area (Å²) in [6.07, 6.45) is 3.63. The molecule has 0 amide bonds. The summed E-state index contributed by atoms with van der Waals surface area (Å²) in [7, 11) is 0. The smallest absolute Gasteiger partial charge is 0.341 e. The van der Waals surface area contributed by atoms with Gasteiger partial charge in [0.25, 0.3) is 0 Å². The number of rotatable bonds is 4. The van der Waals surface area contributed by atoms with Crippen molar-refractivity contribution in [3.05, 3.63) is 46.6 Å². The Labute approximate surface area is 147 Å². The molecule has 2 heterocycles. The number of esters is 1. The molecule has 5 heteroatoms. The Morgan fingerprint density at radius 1 is 1.21 bits per heavy atom. The summed E-state index contributed by atoms with van der Waals surface area (Å²) >= 11 is 5.50. The van der Waals surface area contributed by atoms with E-state index in [9.17, 15) is 4.79 Å². The first-order valence-electron chi connectivity index (χ1n) is 8.45. The lowest BCUT2D eigenvalue weighted by molar-refractivity contribution is 0.0526. The van der Waals surface area contributed by atoms with Crippen LogP contribution in [0, 0.1) is 4.64 Å². The fourth-order valence-electron chi connectivity index (χ4n) is 3.10. The molecule has 4 nitrogen and oxygen atoms in total. The Hall–Kier alpha value is -2.14. The van der Waals surface area contributed by atoms with E-state index in [1.54, 1.807) is 6.92 Å². The van der Waals surface area contributed by atoms with Gasteiger partial charge in [0.05, 0.1) is 6.61 Å². The van der Waals surface area contributed by atoms with Crippen LogP contribution in [0.1, 0.15) is 36.5 Å². The van der Waals surface area contributed by atoms with Crippen molar-refractivity contribution in [1.82, 2.24) is 4.98 Å². The van der Waals surface area contributed by atoms with Gasteiger partial charge in [0.2, 0.25) is 0 Å². The number of hydrogen-bond donors (Lipinski definition) is 1. The molecule has 0 unspecified atom stereocenters. The lowest BCUT2D eigenvalue weighted by atomic mass is 10.0. The molecule has 1 aromatic carbocycles. The van der Waals surface area contributed by atoms with Crippen LogP contribution in [0.5, 0.6) is 0 Å². The number of pyridine rings is 1. The number of nitrogens with zero attached hydrogens (tertiary/aromatic N) is 1. The summed E-state index contributed by atoms with van der Waals surface area (Å²) in [5.74, 6) is 0.606. The zero-order valence-electron chi connectivity index (χ0n) is 13.9. The molecule has 1 aliphatic rings. The number of aromatic nitrogens is 1. The van der Waals surface area contributed by atoms with Gasteiger partial charge in [-0.25, -0.2) is 4.79 Å². The number of carbonyl (C=O) groups is 1. The Morgan fingerprint density at radius 2 is 1.92 bits per heavy atom. The van der Waals surface area contributed by atoms with Crippen LogP contribution in [0.3, 0.4) is 0 Å². The maximum Gasteiger partial charge on any atom is 0.341 e. The van der Waals surface area contributed by atoms with Crippen molar-refractivity contribution in [1.29, 1.82) is 0 Å². The predicted molar refractivity (Wildman–Crippen MR) is 99.1 cm³/mol. The molecule has 1 fully saturated rings. The van der Waals surface area contributed by atoms with Gasteiger partial charge in [0, 0.05) is 18.7 Å². The largest absolute Gasteiger partial charge is 0.462 e. The van der Waals surface area contributed by atoms with E-state index in [4.69, 9.17) is 17.0 Å². The summed E-state index contributed by atoms with van der Waals surface area (Å²) in [5.41, 5.74) is 2.25. The van der Waals surface area contributed by atoms with E-state index in [1.807, 2.05) is 36.4 Å². The highest BCUT2D eigenvalue weighted by Crippen LogP contribution is 2.29. The lowest BCUT2D eigenvalue weighted by Crippen LogP contribution is -2.30. The molecule has 0 spiro atoms. The van der Waals surface area contributed by atoms with Gasteiger partial charge >= 0.3 is 5.97 Å². The zero-order chi connectivity index (χ0) is 16.9. The van der Waals surface area contributed by atoms with Gasteiger partial charge in [-0.2, -0.15) is 0 Å². The van der Waals surface area contributed by atoms with E-state index < -0.39 is 0 Å². The molecule has 0 saturated carbocycles. The second-order valence-corrected chi connectivity index (χ2v) is 6.31. The second-order valence-electron chi connectivity index (χ2n) is 5.91. The predicted octanol–water partition coefficient (Wildman–Crippen LogP) is 4.58. The van der Waals surface area contributed by atoms with Crippen LogP contribution in [0.4, 0.5) is 5.82 Å². The Morgan fingerprint density at radius 3 is 2.58 bits per heavy atom. The maximum absolute atomic E-state index is 12.4. The van der Waals surface area contributed by atoms with Crippen molar-refractivity contribution in [2.45, 2.75) is 26.2 Å². The summed E-state index contributed by atoms with van der Waals surface area (Å²) in [4.78, 5) is 18.0. The first-order chi connectivity index (χ1) is 11.7. The fraction of sp³-hybridized carbons (Fsp3) is 0.368. The minimum absolute atomic E-state index is 0.329. The summed E-state index contributed by atoms with van der Waals surface area (Å²) in [5, 5.41) is 0. The summed E-state index contributed by atoms with van der Waals surface area (Å²) in [6, 6.07) is 11.9. The molecular weight excluding hydrogens is 320 g/mol. The van der Waals surface area contributed by atoms with Crippen LogP contribution < -0.4 is 4.90 Å². The maximum atomic E-state index is 12.4. The van der Waals surface area contributed by atoms with Crippen molar-refractivity contribution in [2.24, 2.45) is 0 Å². The normalized spacial score (nSPS) is 14.5. The fourth-order valence-corrected chi connectivity index (χ4v) is 3.40. The molecule has 0 bridgehead atoms. The van der Waals surface area contributed by atoms with Crippen molar-refractivity contribution in [3.63, 3.8) is 0 Å². The molecule has 1 N–H and O–H groups in total. The molecule has 0 atom stereocenters. The number of aromatic amines is 1. The second kappa shape index (κ2) is 7.62. The molecule has 24 heavy (non-hydrogen) atoms. The zero-order valence-corrected chi connectivity index (χ0v) is 14.7. The Bertz CT molecular complexity index is 765. The standard InChI is InChI=1S/C19H22N2O2S/c1-2-23-19(22)17-15(14-9-5-3-6-10-14)13-16(20-18(17)24)21-11-7-4-8-12-21/h3,5-6,9-10,13H,2,4,7-8,11-12H2,1H3,(H,20,24). The third kappa shape index (κ3) is 3.51. The highest BCUT2D eigenvalue weighted by Gasteiger charge is 2.20. The van der Waals surface area contributed by atoms with E-state index in [1.165, 1.54) is 19.3 Å². The number of hydrogen-bond acceptors (Lipinski definition) is 4. The summed E-state index contributed by atoms with van der Waals surface area (Å²) < 4.78 is 5.66. The van der Waals surface area contributed by atoms with Gasteiger partial charge in [0.1, 0.15) is 16.0 Å². The van der Waals surface area contributed by atoms with E-state index in [0.29, 0.717) is 16.8 Å². The molecule has 0 radical (unpaired) electrons. The van der Waals surface area contributed by atoms with Gasteiger partial charge in [0.15, 0.2) is 0 Å². The average molecular weight is 342 g/mol. The van der Waals surface area contributed by atoms with Crippen LogP contribution in [0.15, 0.2) is 36.4 Å². The molecule has 2 aromatic rings. The first-order valence-corrected chi connectivity index (χ1v) is 8.86. The van der Waals surface area contributed by atoms with Gasteiger partial charge in [-0.3, -0.25) is 0 Å².